The average molecular weight is 187 g/mol. The molecule has 0 aliphatic heterocycles. The minimum atomic E-state index is -1.96. The lowest BCUT2D eigenvalue weighted by Gasteiger charge is -2.09. The molecule has 0 radical (unpaired) electrons. The van der Waals surface area contributed by atoms with E-state index >= 15 is 0 Å². The fourth-order valence-electron chi connectivity index (χ4n) is 0.772. The third kappa shape index (κ3) is 2.31. The van der Waals surface area contributed by atoms with Gasteiger partial charge in [0.2, 0.25) is 0 Å². The molecule has 0 unspecified atom stereocenters. The molecule has 0 saturated heterocycles. The highest BCUT2D eigenvalue weighted by atomic mass is 19.1. The Morgan fingerprint density at radius 2 is 2.15 bits per heavy atom. The first kappa shape index (κ1) is 9.78. The summed E-state index contributed by atoms with van der Waals surface area (Å²) in [5, 5.41) is 16.6. The molecule has 0 fully saturated rings. The van der Waals surface area contributed by atoms with E-state index in [4.69, 9.17) is 16.0 Å². The van der Waals surface area contributed by atoms with E-state index in [1.54, 1.807) is 0 Å². The van der Waals surface area contributed by atoms with Crippen LogP contribution in [0.4, 0.5) is 10.1 Å². The Hall–Kier alpha value is -1.31. The SMILES string of the molecule is Nc1cccc(F)c1OB(O)OO. The van der Waals surface area contributed by atoms with Gasteiger partial charge in [-0.1, -0.05) is 6.07 Å². The summed E-state index contributed by atoms with van der Waals surface area (Å²) >= 11 is 0. The number of nitrogens with two attached hydrogens (primary N) is 1. The molecule has 0 aliphatic carbocycles. The first-order chi connectivity index (χ1) is 6.15. The molecule has 0 atom stereocenters. The number of rotatable bonds is 3. The molecule has 0 aliphatic rings. The van der Waals surface area contributed by atoms with Gasteiger partial charge in [-0.15, -0.1) is 0 Å². The molecular formula is C6H7BFNO4. The second-order valence-corrected chi connectivity index (χ2v) is 2.19. The normalized spacial score (nSPS) is 9.77. The largest absolute Gasteiger partial charge is 0.739 e. The predicted octanol–water partition coefficient (Wildman–Crippen LogP) is 0.253. The molecule has 70 valence electrons. The smallest absolute Gasteiger partial charge is 0.507 e. The van der Waals surface area contributed by atoms with Crippen molar-refractivity contribution in [3.8, 4) is 5.75 Å². The summed E-state index contributed by atoms with van der Waals surface area (Å²) in [6.07, 6.45) is 0. The summed E-state index contributed by atoms with van der Waals surface area (Å²) in [6.45, 7) is 0. The van der Waals surface area contributed by atoms with Crippen molar-refractivity contribution in [2.24, 2.45) is 0 Å². The van der Waals surface area contributed by atoms with Gasteiger partial charge in [-0.2, -0.15) is 0 Å². The fraction of sp³-hybridized carbons (Fsp3) is 0. The number of benzene rings is 1. The summed E-state index contributed by atoms with van der Waals surface area (Å²) in [7, 11) is -1.96. The van der Waals surface area contributed by atoms with Gasteiger partial charge in [0.1, 0.15) is 0 Å². The maximum Gasteiger partial charge on any atom is 0.739 e. The van der Waals surface area contributed by atoms with E-state index in [0.29, 0.717) is 0 Å². The monoisotopic (exact) mass is 187 g/mol. The van der Waals surface area contributed by atoms with Gasteiger partial charge in [-0.25, -0.2) is 9.20 Å². The molecule has 13 heavy (non-hydrogen) atoms. The van der Waals surface area contributed by atoms with E-state index in [0.717, 1.165) is 6.07 Å². The van der Waals surface area contributed by atoms with Crippen molar-refractivity contribution in [3.05, 3.63) is 24.0 Å². The maximum absolute atomic E-state index is 12.9. The number of hydrogen-bond acceptors (Lipinski definition) is 5. The Labute approximate surface area is 73.6 Å². The summed E-state index contributed by atoms with van der Waals surface area (Å²) in [4.78, 5) is 3.38. The van der Waals surface area contributed by atoms with Crippen molar-refractivity contribution in [2.45, 2.75) is 0 Å². The van der Waals surface area contributed by atoms with Crippen molar-refractivity contribution in [2.75, 3.05) is 5.73 Å². The number of anilines is 1. The summed E-state index contributed by atoms with van der Waals surface area (Å²) < 4.78 is 17.3. The summed E-state index contributed by atoms with van der Waals surface area (Å²) in [5.74, 6) is -1.12. The van der Waals surface area contributed by atoms with Crippen molar-refractivity contribution >= 4 is 13.0 Å². The lowest BCUT2D eigenvalue weighted by Crippen LogP contribution is -2.25. The molecule has 0 aromatic heterocycles. The predicted molar refractivity (Wildman–Crippen MR) is 43.1 cm³/mol. The third-order valence-corrected chi connectivity index (χ3v) is 1.31. The minimum Gasteiger partial charge on any atom is -0.507 e. The third-order valence-electron chi connectivity index (χ3n) is 1.31. The van der Waals surface area contributed by atoms with Crippen molar-refractivity contribution in [1.82, 2.24) is 0 Å². The minimum absolute atomic E-state index is 0.00361. The number of hydrogen-bond donors (Lipinski definition) is 3. The van der Waals surface area contributed by atoms with Crippen LogP contribution in [0.3, 0.4) is 0 Å². The molecular weight excluding hydrogens is 180 g/mol. The number of para-hydroxylation sites is 1. The zero-order valence-corrected chi connectivity index (χ0v) is 6.48. The number of nitrogen functional groups attached to an aromatic ring is 1. The van der Waals surface area contributed by atoms with Crippen LogP contribution in [0.5, 0.6) is 5.75 Å². The standard InChI is InChI=1S/C6H7BFNO4/c8-4-2-1-3-5(9)6(4)12-7(10)13-11/h1-3,10-11H,9H2. The Morgan fingerprint density at radius 3 is 2.69 bits per heavy atom. The topological polar surface area (TPSA) is 84.9 Å². The van der Waals surface area contributed by atoms with Crippen molar-refractivity contribution < 1.29 is 24.1 Å². The molecule has 1 rings (SSSR count). The Bertz CT molecular complexity index is 278. The highest BCUT2D eigenvalue weighted by Crippen LogP contribution is 2.24. The maximum atomic E-state index is 12.9. The van der Waals surface area contributed by atoms with Crippen LogP contribution < -0.4 is 10.4 Å². The van der Waals surface area contributed by atoms with Gasteiger partial charge in [0.05, 0.1) is 5.69 Å². The molecule has 0 bridgehead atoms. The number of halogens is 1. The van der Waals surface area contributed by atoms with Gasteiger partial charge in [0, 0.05) is 0 Å². The fourth-order valence-corrected chi connectivity index (χ4v) is 0.772. The molecule has 1 aromatic carbocycles. The van der Waals surface area contributed by atoms with E-state index in [2.05, 4.69) is 9.46 Å². The molecule has 4 N–H and O–H groups in total. The highest BCUT2D eigenvalue weighted by Gasteiger charge is 2.21. The van der Waals surface area contributed by atoms with E-state index in [1.807, 2.05) is 0 Å². The van der Waals surface area contributed by atoms with E-state index in [9.17, 15) is 4.39 Å². The van der Waals surface area contributed by atoms with E-state index < -0.39 is 13.1 Å². The quantitative estimate of drug-likeness (QED) is 0.273. The first-order valence-electron chi connectivity index (χ1n) is 3.34. The molecule has 7 heteroatoms. The van der Waals surface area contributed by atoms with Crippen LogP contribution in [0, 0.1) is 5.82 Å². The molecule has 0 heterocycles. The van der Waals surface area contributed by atoms with Gasteiger partial charge in [-0.3, -0.25) is 5.26 Å². The van der Waals surface area contributed by atoms with Crippen LogP contribution in [0.1, 0.15) is 0 Å². The van der Waals surface area contributed by atoms with E-state index in [-0.39, 0.29) is 11.4 Å². The van der Waals surface area contributed by atoms with Crippen LogP contribution in [-0.2, 0) is 4.81 Å². The van der Waals surface area contributed by atoms with Crippen molar-refractivity contribution in [1.29, 1.82) is 0 Å². The average Bonchev–Trinajstić information content (AvgIpc) is 2.11. The lowest BCUT2D eigenvalue weighted by molar-refractivity contribution is -0.171. The lowest BCUT2D eigenvalue weighted by atomic mass is 10.2. The summed E-state index contributed by atoms with van der Waals surface area (Å²) in [5.41, 5.74) is 5.31. The molecule has 0 spiro atoms. The van der Waals surface area contributed by atoms with Crippen LogP contribution >= 0.6 is 0 Å². The van der Waals surface area contributed by atoms with Gasteiger partial charge in [0.25, 0.3) is 0 Å². The van der Waals surface area contributed by atoms with Crippen LogP contribution in [0.2, 0.25) is 0 Å². The van der Waals surface area contributed by atoms with Gasteiger partial charge in [0.15, 0.2) is 11.6 Å². The van der Waals surface area contributed by atoms with Crippen LogP contribution in [0.25, 0.3) is 0 Å². The van der Waals surface area contributed by atoms with Gasteiger partial charge >= 0.3 is 7.32 Å². The van der Waals surface area contributed by atoms with Crippen molar-refractivity contribution in [3.63, 3.8) is 0 Å². The van der Waals surface area contributed by atoms with Gasteiger partial charge < -0.3 is 15.4 Å². The van der Waals surface area contributed by atoms with Crippen LogP contribution in [-0.4, -0.2) is 17.6 Å². The molecule has 1 aromatic rings. The molecule has 0 amide bonds. The second kappa shape index (κ2) is 4.08. The van der Waals surface area contributed by atoms with Crippen LogP contribution in [0.15, 0.2) is 18.2 Å². The molecule has 0 saturated carbocycles. The second-order valence-electron chi connectivity index (χ2n) is 2.19. The first-order valence-corrected chi connectivity index (χ1v) is 3.34. The zero-order valence-electron chi connectivity index (χ0n) is 6.48. The zero-order chi connectivity index (χ0) is 9.84. The Morgan fingerprint density at radius 1 is 1.46 bits per heavy atom. The Balaban J connectivity index is 2.87. The van der Waals surface area contributed by atoms with E-state index in [1.165, 1.54) is 12.1 Å². The highest BCUT2D eigenvalue weighted by molar-refractivity contribution is 6.35. The Kier molecular flexibility index (Phi) is 3.07. The summed E-state index contributed by atoms with van der Waals surface area (Å²) in [6, 6.07) is 3.85. The van der Waals surface area contributed by atoms with Gasteiger partial charge in [-0.05, 0) is 12.1 Å². The molecule has 5 nitrogen and oxygen atoms in total.